The van der Waals surface area contributed by atoms with Crippen LogP contribution in [0.5, 0.6) is 0 Å². The van der Waals surface area contributed by atoms with E-state index in [1.54, 1.807) is 0 Å². The fraction of sp³-hybridized carbons (Fsp3) is 0.143. The van der Waals surface area contributed by atoms with E-state index >= 15 is 0 Å². The van der Waals surface area contributed by atoms with Crippen LogP contribution in [-0.4, -0.2) is 4.98 Å². The molecule has 0 aromatic carbocycles. The maximum absolute atomic E-state index is 12.7. The molecule has 0 unspecified atom stereocenters. The van der Waals surface area contributed by atoms with Crippen molar-refractivity contribution >= 4 is 11.6 Å². The van der Waals surface area contributed by atoms with Gasteiger partial charge in [0.05, 0.1) is 5.56 Å². The average molecular weight is 207 g/mol. The summed E-state index contributed by atoms with van der Waals surface area (Å²) in [7, 11) is 0. The number of nitrogens with zero attached hydrogens (tertiary/aromatic N) is 2. The molecule has 0 bridgehead atoms. The van der Waals surface area contributed by atoms with E-state index in [2.05, 4.69) is 4.98 Å². The molecular weight excluding hydrogens is 205 g/mol. The molecule has 68 valence electrons. The number of halogens is 4. The van der Waals surface area contributed by atoms with Crippen LogP contribution in [0.1, 0.15) is 17.7 Å². The molecule has 0 radical (unpaired) electrons. The van der Waals surface area contributed by atoms with Crippen molar-refractivity contribution < 1.29 is 13.2 Å². The molecule has 0 saturated heterocycles. The molecule has 0 aliphatic heterocycles. The van der Waals surface area contributed by atoms with E-state index < -0.39 is 23.1 Å². The first-order valence-electron chi connectivity index (χ1n) is 3.10. The first kappa shape index (κ1) is 9.81. The quantitative estimate of drug-likeness (QED) is 0.663. The van der Waals surface area contributed by atoms with Gasteiger partial charge in [0.1, 0.15) is 16.8 Å². The van der Waals surface area contributed by atoms with Gasteiger partial charge in [0, 0.05) is 0 Å². The molecule has 0 N–H and O–H groups in total. The summed E-state index contributed by atoms with van der Waals surface area (Å²) in [6, 6.07) is 2.25. The first-order valence-corrected chi connectivity index (χ1v) is 3.48. The lowest BCUT2D eigenvalue weighted by Gasteiger charge is -2.01. The van der Waals surface area contributed by atoms with Crippen LogP contribution in [0.3, 0.4) is 0 Å². The SMILES string of the molecule is N#Cc1cc(C(F)F)nc(F)c1Cl. The Morgan fingerprint density at radius 3 is 2.62 bits per heavy atom. The summed E-state index contributed by atoms with van der Waals surface area (Å²) < 4.78 is 36.7. The Labute approximate surface area is 76.6 Å². The fourth-order valence-electron chi connectivity index (χ4n) is 0.710. The smallest absolute Gasteiger partial charge is 0.217 e. The lowest BCUT2D eigenvalue weighted by atomic mass is 10.2. The summed E-state index contributed by atoms with van der Waals surface area (Å²) in [5, 5.41) is 7.84. The van der Waals surface area contributed by atoms with Crippen LogP contribution >= 0.6 is 11.6 Å². The second-order valence-electron chi connectivity index (χ2n) is 2.11. The molecule has 1 heterocycles. The Balaban J connectivity index is 3.32. The van der Waals surface area contributed by atoms with E-state index in [-0.39, 0.29) is 5.56 Å². The van der Waals surface area contributed by atoms with Crippen LogP contribution in [0.2, 0.25) is 5.02 Å². The van der Waals surface area contributed by atoms with Gasteiger partial charge in [-0.15, -0.1) is 0 Å². The summed E-state index contributed by atoms with van der Waals surface area (Å²) in [4.78, 5) is 2.88. The Morgan fingerprint density at radius 2 is 2.15 bits per heavy atom. The summed E-state index contributed by atoms with van der Waals surface area (Å²) >= 11 is 5.27. The number of hydrogen-bond acceptors (Lipinski definition) is 2. The zero-order valence-electron chi connectivity index (χ0n) is 6.06. The van der Waals surface area contributed by atoms with Gasteiger partial charge in [-0.3, -0.25) is 0 Å². The topological polar surface area (TPSA) is 36.7 Å². The molecule has 0 saturated carbocycles. The molecule has 0 aliphatic rings. The Bertz CT molecular complexity index is 373. The molecule has 0 atom stereocenters. The molecule has 0 fully saturated rings. The van der Waals surface area contributed by atoms with Crippen molar-refractivity contribution in [2.24, 2.45) is 0 Å². The zero-order valence-corrected chi connectivity index (χ0v) is 6.82. The number of pyridine rings is 1. The maximum Gasteiger partial charge on any atom is 0.280 e. The van der Waals surface area contributed by atoms with Crippen LogP contribution in [0.25, 0.3) is 0 Å². The fourth-order valence-corrected chi connectivity index (χ4v) is 0.849. The minimum atomic E-state index is -2.92. The van der Waals surface area contributed by atoms with Gasteiger partial charge < -0.3 is 0 Å². The van der Waals surface area contributed by atoms with Crippen LogP contribution in [0, 0.1) is 17.3 Å². The van der Waals surface area contributed by atoms with Gasteiger partial charge in [0.15, 0.2) is 0 Å². The number of hydrogen-bond donors (Lipinski definition) is 0. The van der Waals surface area contributed by atoms with Crippen molar-refractivity contribution in [2.75, 3.05) is 0 Å². The summed E-state index contributed by atoms with van der Waals surface area (Å²) in [6.07, 6.45) is -2.92. The Morgan fingerprint density at radius 1 is 1.54 bits per heavy atom. The van der Waals surface area contributed by atoms with Crippen molar-refractivity contribution in [3.8, 4) is 6.07 Å². The Kier molecular flexibility index (Phi) is 2.73. The highest BCUT2D eigenvalue weighted by Gasteiger charge is 2.15. The van der Waals surface area contributed by atoms with Crippen molar-refractivity contribution in [1.29, 1.82) is 5.26 Å². The highest BCUT2D eigenvalue weighted by molar-refractivity contribution is 6.31. The monoisotopic (exact) mass is 206 g/mol. The lowest BCUT2D eigenvalue weighted by Crippen LogP contribution is -1.96. The van der Waals surface area contributed by atoms with E-state index in [9.17, 15) is 13.2 Å². The minimum absolute atomic E-state index is 0.343. The predicted molar refractivity (Wildman–Crippen MR) is 38.9 cm³/mol. The molecule has 0 amide bonds. The largest absolute Gasteiger partial charge is 0.280 e. The highest BCUT2D eigenvalue weighted by atomic mass is 35.5. The van der Waals surface area contributed by atoms with E-state index in [0.717, 1.165) is 6.07 Å². The normalized spacial score (nSPS) is 10.2. The third-order valence-corrected chi connectivity index (χ3v) is 1.64. The van der Waals surface area contributed by atoms with E-state index in [1.807, 2.05) is 0 Å². The molecular formula is C7H2ClF3N2. The van der Waals surface area contributed by atoms with E-state index in [0.29, 0.717) is 0 Å². The number of rotatable bonds is 1. The minimum Gasteiger partial charge on any atom is -0.217 e. The molecule has 13 heavy (non-hydrogen) atoms. The Hall–Kier alpha value is -1.28. The van der Waals surface area contributed by atoms with Gasteiger partial charge in [-0.1, -0.05) is 11.6 Å². The van der Waals surface area contributed by atoms with Crippen LogP contribution in [0.4, 0.5) is 13.2 Å². The maximum atomic E-state index is 12.7. The molecule has 1 aromatic rings. The highest BCUT2D eigenvalue weighted by Crippen LogP contribution is 2.23. The van der Waals surface area contributed by atoms with Crippen LogP contribution in [0.15, 0.2) is 6.07 Å². The third-order valence-electron chi connectivity index (χ3n) is 1.28. The van der Waals surface area contributed by atoms with Gasteiger partial charge in [0.25, 0.3) is 6.43 Å². The third kappa shape index (κ3) is 1.90. The first-order chi connectivity index (χ1) is 6.06. The van der Waals surface area contributed by atoms with E-state index in [1.165, 1.54) is 6.07 Å². The lowest BCUT2D eigenvalue weighted by molar-refractivity contribution is 0.145. The van der Waals surface area contributed by atoms with Crippen molar-refractivity contribution in [1.82, 2.24) is 4.98 Å². The number of nitriles is 1. The number of alkyl halides is 2. The molecule has 1 aromatic heterocycles. The molecule has 1 rings (SSSR count). The van der Waals surface area contributed by atoms with Gasteiger partial charge in [-0.25, -0.2) is 13.8 Å². The van der Waals surface area contributed by atoms with Gasteiger partial charge in [-0.2, -0.15) is 9.65 Å². The van der Waals surface area contributed by atoms with Crippen LogP contribution < -0.4 is 0 Å². The van der Waals surface area contributed by atoms with E-state index in [4.69, 9.17) is 16.9 Å². The molecule has 0 spiro atoms. The zero-order chi connectivity index (χ0) is 10.0. The van der Waals surface area contributed by atoms with Crippen LogP contribution in [-0.2, 0) is 0 Å². The second-order valence-corrected chi connectivity index (χ2v) is 2.49. The van der Waals surface area contributed by atoms with Gasteiger partial charge >= 0.3 is 0 Å². The van der Waals surface area contributed by atoms with Crippen molar-refractivity contribution in [3.63, 3.8) is 0 Å². The average Bonchev–Trinajstić information content (AvgIpc) is 2.09. The summed E-state index contributed by atoms with van der Waals surface area (Å²) in [5.41, 5.74) is -1.14. The van der Waals surface area contributed by atoms with Crippen molar-refractivity contribution in [2.45, 2.75) is 6.43 Å². The van der Waals surface area contributed by atoms with Gasteiger partial charge in [-0.05, 0) is 6.07 Å². The molecule has 0 aliphatic carbocycles. The van der Waals surface area contributed by atoms with Crippen molar-refractivity contribution in [3.05, 3.63) is 28.3 Å². The molecule has 2 nitrogen and oxygen atoms in total. The second kappa shape index (κ2) is 3.62. The summed E-state index contributed by atoms with van der Waals surface area (Å²) in [5.74, 6) is -1.25. The number of aromatic nitrogens is 1. The van der Waals surface area contributed by atoms with Gasteiger partial charge in [0.2, 0.25) is 5.95 Å². The standard InChI is InChI=1S/C7H2ClF3N2/c8-5-3(2-12)1-4(6(9)10)13-7(5)11/h1,6H. The summed E-state index contributed by atoms with van der Waals surface area (Å²) in [6.45, 7) is 0. The predicted octanol–water partition coefficient (Wildman–Crippen LogP) is 2.68. The molecule has 6 heteroatoms.